The van der Waals surface area contributed by atoms with E-state index in [0.717, 1.165) is 33.9 Å². The van der Waals surface area contributed by atoms with Gasteiger partial charge in [-0.15, -0.1) is 0 Å². The topological polar surface area (TPSA) is 101 Å². The molecule has 41 heavy (non-hydrogen) atoms. The quantitative estimate of drug-likeness (QED) is 0.206. The Morgan fingerprint density at radius 2 is 1.68 bits per heavy atom. The van der Waals surface area contributed by atoms with Crippen LogP contribution in [-0.2, 0) is 16.1 Å². The summed E-state index contributed by atoms with van der Waals surface area (Å²) in [5, 5.41) is 9.77. The van der Waals surface area contributed by atoms with Crippen LogP contribution in [0.1, 0.15) is 43.2 Å². The number of nitrogens with zero attached hydrogens (tertiary/aromatic N) is 3. The number of aromatic nitrogens is 1. The average molecular weight is 566 g/mol. The molecule has 1 N–H and O–H groups in total. The highest BCUT2D eigenvalue weighted by Crippen LogP contribution is 2.36. The second-order valence-corrected chi connectivity index (χ2v) is 10.4. The second-order valence-electron chi connectivity index (χ2n) is 9.44. The molecule has 0 radical (unpaired) electrons. The van der Waals surface area contributed by atoms with E-state index in [2.05, 4.69) is 0 Å². The summed E-state index contributed by atoms with van der Waals surface area (Å²) in [5.74, 6) is -1.60. The summed E-state index contributed by atoms with van der Waals surface area (Å²) in [5.41, 5.74) is 5.68. The normalized spacial score (nSPS) is 15.1. The number of aliphatic imine (C=N–C) groups is 1. The van der Waals surface area contributed by atoms with Crippen molar-refractivity contribution in [2.24, 2.45) is 4.99 Å². The van der Waals surface area contributed by atoms with E-state index >= 15 is 0 Å². The smallest absolute Gasteiger partial charge is 0.337 e. The number of carbonyl (C=O) groups excluding carboxylic acids is 2. The monoisotopic (exact) mass is 565 g/mol. The van der Waals surface area contributed by atoms with E-state index in [1.54, 1.807) is 29.2 Å². The SMILES string of the molecule is COC(=O)c1cccc(-n2c(C)cc(/C=C3\SC(=Nc4ccccc4)N(Cc4ccc(C(=O)O)cc4)C3=O)c2C)c1. The molecule has 0 bridgehead atoms. The van der Waals surface area contributed by atoms with Crippen molar-refractivity contribution in [1.82, 2.24) is 9.47 Å². The molecule has 1 amide bonds. The van der Waals surface area contributed by atoms with Gasteiger partial charge in [-0.05, 0) is 91.3 Å². The van der Waals surface area contributed by atoms with Gasteiger partial charge in [0.25, 0.3) is 5.91 Å². The molecule has 1 fully saturated rings. The van der Waals surface area contributed by atoms with Crippen molar-refractivity contribution in [3.63, 3.8) is 0 Å². The first-order valence-corrected chi connectivity index (χ1v) is 13.6. The minimum Gasteiger partial charge on any atom is -0.478 e. The van der Waals surface area contributed by atoms with Crippen LogP contribution in [0.25, 0.3) is 11.8 Å². The fourth-order valence-corrected chi connectivity index (χ4v) is 5.63. The number of aromatic carboxylic acids is 1. The van der Waals surface area contributed by atoms with Gasteiger partial charge in [0.05, 0.1) is 35.4 Å². The number of amidine groups is 1. The van der Waals surface area contributed by atoms with Crippen molar-refractivity contribution in [2.45, 2.75) is 20.4 Å². The van der Waals surface area contributed by atoms with Crippen molar-refractivity contribution in [1.29, 1.82) is 0 Å². The van der Waals surface area contributed by atoms with Crippen LogP contribution < -0.4 is 0 Å². The van der Waals surface area contributed by atoms with E-state index in [1.807, 2.05) is 73.0 Å². The number of carbonyl (C=O) groups is 3. The molecule has 1 saturated heterocycles. The lowest BCUT2D eigenvalue weighted by Gasteiger charge is -2.16. The second kappa shape index (κ2) is 11.7. The van der Waals surface area contributed by atoms with Gasteiger partial charge in [-0.2, -0.15) is 0 Å². The van der Waals surface area contributed by atoms with E-state index in [9.17, 15) is 19.5 Å². The molecule has 4 aromatic rings. The van der Waals surface area contributed by atoms with Crippen LogP contribution in [0.2, 0.25) is 0 Å². The molecule has 8 nitrogen and oxygen atoms in total. The summed E-state index contributed by atoms with van der Waals surface area (Å²) in [7, 11) is 1.35. The molecule has 9 heteroatoms. The molecule has 0 saturated carbocycles. The van der Waals surface area contributed by atoms with Gasteiger partial charge in [0.2, 0.25) is 0 Å². The first-order valence-electron chi connectivity index (χ1n) is 12.8. The van der Waals surface area contributed by atoms with Crippen LogP contribution in [-0.4, -0.2) is 44.7 Å². The summed E-state index contributed by atoms with van der Waals surface area (Å²) < 4.78 is 6.91. The summed E-state index contributed by atoms with van der Waals surface area (Å²) in [6, 6.07) is 25.1. The molecule has 5 rings (SSSR count). The molecule has 0 aliphatic carbocycles. The summed E-state index contributed by atoms with van der Waals surface area (Å²) in [6.07, 6.45) is 1.87. The van der Waals surface area contributed by atoms with Crippen LogP contribution in [0, 0.1) is 13.8 Å². The number of methoxy groups -OCH3 is 1. The third kappa shape index (κ3) is 5.85. The van der Waals surface area contributed by atoms with Gasteiger partial charge in [-0.25, -0.2) is 14.6 Å². The van der Waals surface area contributed by atoms with Gasteiger partial charge in [-0.3, -0.25) is 9.69 Å². The number of thioether (sulfide) groups is 1. The minimum atomic E-state index is -1.00. The van der Waals surface area contributed by atoms with Gasteiger partial charge in [0, 0.05) is 17.1 Å². The Balaban J connectivity index is 1.50. The number of para-hydroxylation sites is 1. The van der Waals surface area contributed by atoms with Crippen molar-refractivity contribution in [2.75, 3.05) is 7.11 Å². The Kier molecular flexibility index (Phi) is 7.89. The Morgan fingerprint density at radius 3 is 2.37 bits per heavy atom. The number of benzene rings is 3. The number of rotatable bonds is 7. The highest BCUT2D eigenvalue weighted by atomic mass is 32.2. The van der Waals surface area contributed by atoms with Gasteiger partial charge in [0.1, 0.15) is 0 Å². The highest BCUT2D eigenvalue weighted by molar-refractivity contribution is 8.18. The van der Waals surface area contributed by atoms with Crippen molar-refractivity contribution in [3.05, 3.63) is 123 Å². The molecule has 0 spiro atoms. The minimum absolute atomic E-state index is 0.183. The number of carboxylic acid groups (broad SMARTS) is 1. The number of carboxylic acids is 1. The maximum absolute atomic E-state index is 13.7. The molecule has 206 valence electrons. The maximum atomic E-state index is 13.7. The standard InChI is InChI=1S/C32H27N3O5S/c1-20-16-25(21(2)35(20)27-11-7-8-24(17-27)31(39)40-3)18-28-29(36)34(19-22-12-14-23(15-13-22)30(37)38)32(41-28)33-26-9-5-4-6-10-26/h4-18H,19H2,1-3H3,(H,37,38)/b28-18-,33-32?. The number of ether oxygens (including phenoxy) is 1. The lowest BCUT2D eigenvalue weighted by atomic mass is 10.1. The van der Waals surface area contributed by atoms with E-state index in [0.29, 0.717) is 15.6 Å². The summed E-state index contributed by atoms with van der Waals surface area (Å²) >= 11 is 1.30. The van der Waals surface area contributed by atoms with E-state index in [-0.39, 0.29) is 18.0 Å². The van der Waals surface area contributed by atoms with Crippen molar-refractivity contribution in [3.8, 4) is 5.69 Å². The van der Waals surface area contributed by atoms with E-state index < -0.39 is 11.9 Å². The first kappa shape index (κ1) is 27.7. The third-order valence-electron chi connectivity index (χ3n) is 6.69. The fraction of sp³-hybridized carbons (Fsp3) is 0.125. The van der Waals surface area contributed by atoms with E-state index in [4.69, 9.17) is 9.73 Å². The highest BCUT2D eigenvalue weighted by Gasteiger charge is 2.34. The van der Waals surface area contributed by atoms with Gasteiger partial charge in [-0.1, -0.05) is 36.4 Å². The molecule has 1 aliphatic rings. The molecule has 0 unspecified atom stereocenters. The molecular weight excluding hydrogens is 538 g/mol. The van der Waals surface area contributed by atoms with Crippen molar-refractivity contribution >= 4 is 46.5 Å². The zero-order chi connectivity index (χ0) is 29.1. The Bertz CT molecular complexity index is 1710. The number of hydrogen-bond donors (Lipinski definition) is 1. The molecular formula is C32H27N3O5S. The molecule has 3 aromatic carbocycles. The lowest BCUT2D eigenvalue weighted by Crippen LogP contribution is -2.28. The zero-order valence-electron chi connectivity index (χ0n) is 22.7. The number of amides is 1. The van der Waals surface area contributed by atoms with Crippen LogP contribution in [0.15, 0.2) is 94.8 Å². The Labute approximate surface area is 241 Å². The molecule has 1 aliphatic heterocycles. The number of hydrogen-bond acceptors (Lipinski definition) is 6. The van der Waals surface area contributed by atoms with Gasteiger partial charge < -0.3 is 14.4 Å². The fourth-order valence-electron chi connectivity index (χ4n) is 4.64. The third-order valence-corrected chi connectivity index (χ3v) is 7.70. The van der Waals surface area contributed by atoms with Crippen molar-refractivity contribution < 1.29 is 24.2 Å². The zero-order valence-corrected chi connectivity index (χ0v) is 23.5. The van der Waals surface area contributed by atoms with Crippen LogP contribution in [0.5, 0.6) is 0 Å². The van der Waals surface area contributed by atoms with E-state index in [1.165, 1.54) is 31.0 Å². The molecule has 2 heterocycles. The van der Waals surface area contributed by atoms with Crippen LogP contribution in [0.4, 0.5) is 5.69 Å². The Morgan fingerprint density at radius 1 is 0.951 bits per heavy atom. The summed E-state index contributed by atoms with van der Waals surface area (Å²) in [4.78, 5) is 44.0. The van der Waals surface area contributed by atoms with Gasteiger partial charge in [0.15, 0.2) is 5.17 Å². The maximum Gasteiger partial charge on any atom is 0.337 e. The van der Waals surface area contributed by atoms with Crippen LogP contribution >= 0.6 is 11.8 Å². The summed E-state index contributed by atoms with van der Waals surface area (Å²) in [6.45, 7) is 4.18. The lowest BCUT2D eigenvalue weighted by molar-refractivity contribution is -0.122. The van der Waals surface area contributed by atoms with Crippen LogP contribution in [0.3, 0.4) is 0 Å². The molecule has 0 atom stereocenters. The predicted octanol–water partition coefficient (Wildman–Crippen LogP) is 6.38. The predicted molar refractivity (Wildman–Crippen MR) is 160 cm³/mol. The largest absolute Gasteiger partial charge is 0.478 e. The average Bonchev–Trinajstić information content (AvgIpc) is 3.42. The van der Waals surface area contributed by atoms with Gasteiger partial charge >= 0.3 is 11.9 Å². The Hall–Kier alpha value is -4.89. The number of aryl methyl sites for hydroxylation is 1. The number of esters is 1. The first-order chi connectivity index (χ1) is 19.7. The molecule has 1 aromatic heterocycles.